The number of hydrogen-bond acceptors (Lipinski definition) is 4. The minimum Gasteiger partial charge on any atom is -0.382 e. The summed E-state index contributed by atoms with van der Waals surface area (Å²) in [5.41, 5.74) is 2.81. The minimum atomic E-state index is -0.400. The van der Waals surface area contributed by atoms with Crippen molar-refractivity contribution < 1.29 is 14.3 Å². The lowest BCUT2D eigenvalue weighted by Crippen LogP contribution is -2.61. The maximum absolute atomic E-state index is 13.1. The number of methoxy groups -OCH3 is 1. The molecule has 0 N–H and O–H groups in total. The van der Waals surface area contributed by atoms with Crippen LogP contribution in [0.25, 0.3) is 0 Å². The number of rotatable bonds is 7. The number of anilines is 2. The first kappa shape index (κ1) is 22.5. The second-order valence-corrected chi connectivity index (χ2v) is 8.78. The molecular formula is C26H33N3O3. The van der Waals surface area contributed by atoms with E-state index in [4.69, 9.17) is 4.74 Å². The van der Waals surface area contributed by atoms with Gasteiger partial charge in [0.2, 0.25) is 11.8 Å². The van der Waals surface area contributed by atoms with Gasteiger partial charge in [-0.05, 0) is 43.0 Å². The third-order valence-corrected chi connectivity index (χ3v) is 6.79. The summed E-state index contributed by atoms with van der Waals surface area (Å²) in [6, 6.07) is 18.0. The van der Waals surface area contributed by atoms with E-state index in [2.05, 4.69) is 11.0 Å². The molecule has 0 spiro atoms. The number of hydrogen-bond donors (Lipinski definition) is 0. The molecule has 32 heavy (non-hydrogen) atoms. The largest absolute Gasteiger partial charge is 0.382 e. The van der Waals surface area contributed by atoms with E-state index in [1.807, 2.05) is 65.3 Å². The molecule has 2 aliphatic heterocycles. The van der Waals surface area contributed by atoms with Crippen LogP contribution in [0.2, 0.25) is 0 Å². The van der Waals surface area contributed by atoms with E-state index in [0.29, 0.717) is 19.6 Å². The zero-order valence-electron chi connectivity index (χ0n) is 19.1. The Morgan fingerprint density at radius 3 is 2.38 bits per heavy atom. The maximum atomic E-state index is 13.1. The van der Waals surface area contributed by atoms with Crippen molar-refractivity contribution in [2.75, 3.05) is 49.7 Å². The van der Waals surface area contributed by atoms with Gasteiger partial charge in [-0.15, -0.1) is 0 Å². The molecule has 0 unspecified atom stereocenters. The molecule has 6 nitrogen and oxygen atoms in total. The van der Waals surface area contributed by atoms with Gasteiger partial charge in [-0.2, -0.15) is 0 Å². The number of para-hydroxylation sites is 2. The lowest BCUT2D eigenvalue weighted by Gasteiger charge is -2.48. The quantitative estimate of drug-likeness (QED) is 0.668. The summed E-state index contributed by atoms with van der Waals surface area (Å²) in [5.74, 6) is 0.255. The van der Waals surface area contributed by atoms with Gasteiger partial charge >= 0.3 is 0 Å². The molecule has 0 aliphatic carbocycles. The van der Waals surface area contributed by atoms with Gasteiger partial charge in [-0.1, -0.05) is 43.3 Å². The number of ether oxygens (including phenoxy) is 1. The first-order chi connectivity index (χ1) is 15.6. The molecule has 0 atom stereocenters. The Hall–Kier alpha value is -2.70. The standard InChI is InChI=1S/C26H33N3O3/c1-3-24(30)29(22-10-5-4-6-11-22)26(20-32-2)14-17-27(18-15-26)19-25(31)28-16-13-21-9-7-8-12-23(21)28/h4-12H,3,13-20H2,1-2H3. The fraction of sp³-hybridized carbons (Fsp3) is 0.462. The number of carbonyl (C=O) groups excluding carboxylic acids is 2. The predicted octanol–water partition coefficient (Wildman–Crippen LogP) is 3.50. The SMILES string of the molecule is CCC(=O)N(c1ccccc1)C1(COC)CCN(CC(=O)N2CCc3ccccc32)CC1. The summed E-state index contributed by atoms with van der Waals surface area (Å²) < 4.78 is 5.63. The average Bonchev–Trinajstić information content (AvgIpc) is 3.26. The molecule has 2 aliphatic rings. The highest BCUT2D eigenvalue weighted by Gasteiger charge is 2.43. The smallest absolute Gasteiger partial charge is 0.241 e. The van der Waals surface area contributed by atoms with E-state index >= 15 is 0 Å². The average molecular weight is 436 g/mol. The Bertz CT molecular complexity index is 938. The van der Waals surface area contributed by atoms with E-state index in [1.54, 1.807) is 7.11 Å². The number of likely N-dealkylation sites (tertiary alicyclic amines) is 1. The van der Waals surface area contributed by atoms with Gasteiger partial charge in [0.15, 0.2) is 0 Å². The molecule has 1 fully saturated rings. The van der Waals surface area contributed by atoms with Crippen LogP contribution in [0.3, 0.4) is 0 Å². The molecule has 4 rings (SSSR count). The first-order valence-corrected chi connectivity index (χ1v) is 11.6. The molecule has 2 amide bonds. The van der Waals surface area contributed by atoms with Gasteiger partial charge in [-0.25, -0.2) is 0 Å². The summed E-state index contributed by atoms with van der Waals surface area (Å²) in [6.45, 7) is 5.06. The lowest BCUT2D eigenvalue weighted by atomic mass is 9.85. The van der Waals surface area contributed by atoms with E-state index < -0.39 is 5.54 Å². The highest BCUT2D eigenvalue weighted by molar-refractivity contribution is 5.97. The summed E-state index contributed by atoms with van der Waals surface area (Å²) in [4.78, 5) is 32.2. The zero-order valence-corrected chi connectivity index (χ0v) is 19.1. The molecule has 0 bridgehead atoms. The fourth-order valence-corrected chi connectivity index (χ4v) is 5.12. The number of carbonyl (C=O) groups is 2. The number of amides is 2. The fourth-order valence-electron chi connectivity index (χ4n) is 5.12. The second kappa shape index (κ2) is 9.84. The number of nitrogens with zero attached hydrogens (tertiary/aromatic N) is 3. The molecule has 170 valence electrons. The van der Waals surface area contributed by atoms with E-state index in [-0.39, 0.29) is 11.8 Å². The van der Waals surface area contributed by atoms with Gasteiger partial charge in [0.05, 0.1) is 18.7 Å². The summed E-state index contributed by atoms with van der Waals surface area (Å²) in [5, 5.41) is 0. The van der Waals surface area contributed by atoms with Crippen LogP contribution in [0.15, 0.2) is 54.6 Å². The number of benzene rings is 2. The van der Waals surface area contributed by atoms with Crippen LogP contribution in [0.4, 0.5) is 11.4 Å². The monoisotopic (exact) mass is 435 g/mol. The van der Waals surface area contributed by atoms with Crippen molar-refractivity contribution in [1.82, 2.24) is 4.90 Å². The second-order valence-electron chi connectivity index (χ2n) is 8.78. The van der Waals surface area contributed by atoms with E-state index in [1.165, 1.54) is 5.56 Å². The molecule has 2 aromatic carbocycles. The van der Waals surface area contributed by atoms with Crippen LogP contribution in [0.5, 0.6) is 0 Å². The minimum absolute atomic E-state index is 0.103. The molecule has 0 saturated carbocycles. The summed E-state index contributed by atoms with van der Waals surface area (Å²) in [7, 11) is 1.70. The predicted molar refractivity (Wildman–Crippen MR) is 127 cm³/mol. The Morgan fingerprint density at radius 1 is 1.00 bits per heavy atom. The Morgan fingerprint density at radius 2 is 1.69 bits per heavy atom. The van der Waals surface area contributed by atoms with Gasteiger partial charge in [0, 0.05) is 44.5 Å². The maximum Gasteiger partial charge on any atom is 0.241 e. The highest BCUT2D eigenvalue weighted by Crippen LogP contribution is 2.35. The molecule has 2 aromatic rings. The lowest BCUT2D eigenvalue weighted by molar-refractivity contribution is -0.122. The van der Waals surface area contributed by atoms with Crippen molar-refractivity contribution in [3.8, 4) is 0 Å². The first-order valence-electron chi connectivity index (χ1n) is 11.6. The van der Waals surface area contributed by atoms with Crippen molar-refractivity contribution in [3.63, 3.8) is 0 Å². The van der Waals surface area contributed by atoms with Crippen molar-refractivity contribution in [3.05, 3.63) is 60.2 Å². The Balaban J connectivity index is 1.47. The molecule has 2 heterocycles. The molecular weight excluding hydrogens is 402 g/mol. The third kappa shape index (κ3) is 4.43. The molecule has 0 radical (unpaired) electrons. The van der Waals surface area contributed by atoms with Crippen molar-refractivity contribution in [2.24, 2.45) is 0 Å². The highest BCUT2D eigenvalue weighted by atomic mass is 16.5. The van der Waals surface area contributed by atoms with E-state index in [9.17, 15) is 9.59 Å². The van der Waals surface area contributed by atoms with Gasteiger partial charge < -0.3 is 14.5 Å². The van der Waals surface area contributed by atoms with Crippen LogP contribution in [-0.4, -0.2) is 62.1 Å². The topological polar surface area (TPSA) is 53.1 Å². The van der Waals surface area contributed by atoms with Crippen LogP contribution >= 0.6 is 0 Å². The summed E-state index contributed by atoms with van der Waals surface area (Å²) in [6.07, 6.45) is 2.90. The third-order valence-electron chi connectivity index (χ3n) is 6.79. The van der Waals surface area contributed by atoms with Gasteiger partial charge in [-0.3, -0.25) is 14.5 Å². The van der Waals surface area contributed by atoms with Crippen LogP contribution in [0.1, 0.15) is 31.7 Å². The Kier molecular flexibility index (Phi) is 6.92. The number of piperidine rings is 1. The number of fused-ring (bicyclic) bond motifs is 1. The van der Waals surface area contributed by atoms with Crippen LogP contribution in [0, 0.1) is 0 Å². The van der Waals surface area contributed by atoms with Crippen LogP contribution < -0.4 is 9.80 Å². The Labute approximate surface area is 190 Å². The molecule has 1 saturated heterocycles. The van der Waals surface area contributed by atoms with Crippen molar-refractivity contribution in [1.29, 1.82) is 0 Å². The van der Waals surface area contributed by atoms with E-state index in [0.717, 1.165) is 50.3 Å². The van der Waals surface area contributed by atoms with Gasteiger partial charge in [0.25, 0.3) is 0 Å². The zero-order chi connectivity index (χ0) is 22.6. The van der Waals surface area contributed by atoms with Crippen LogP contribution in [-0.2, 0) is 20.7 Å². The normalized spacial score (nSPS) is 17.8. The van der Waals surface area contributed by atoms with Crippen molar-refractivity contribution >= 4 is 23.2 Å². The van der Waals surface area contributed by atoms with Crippen molar-refractivity contribution in [2.45, 2.75) is 38.1 Å². The summed E-state index contributed by atoms with van der Waals surface area (Å²) >= 11 is 0. The molecule has 6 heteroatoms. The van der Waals surface area contributed by atoms with Gasteiger partial charge in [0.1, 0.15) is 0 Å². The molecule has 0 aromatic heterocycles.